The highest BCUT2D eigenvalue weighted by molar-refractivity contribution is 7.66. The maximum absolute atomic E-state index is 10.5. The highest BCUT2D eigenvalue weighted by atomic mass is 31.2. The zero-order valence-electron chi connectivity index (χ0n) is 7.08. The van der Waals surface area contributed by atoms with Crippen molar-refractivity contribution in [2.45, 2.75) is 6.61 Å². The number of ether oxygens (including phenoxy) is 1. The number of carbonyl (C=O) groups is 1. The lowest BCUT2D eigenvalue weighted by Crippen LogP contribution is -2.22. The van der Waals surface area contributed by atoms with Crippen molar-refractivity contribution >= 4 is 13.3 Å². The summed E-state index contributed by atoms with van der Waals surface area (Å²) in [6.45, 7) is -0.214. The summed E-state index contributed by atoms with van der Waals surface area (Å²) in [5.74, 6) is 0. The van der Waals surface area contributed by atoms with E-state index in [9.17, 15) is 19.1 Å². The maximum atomic E-state index is 10.5. The van der Waals surface area contributed by atoms with Gasteiger partial charge in [0.05, 0.1) is 0 Å². The van der Waals surface area contributed by atoms with Gasteiger partial charge in [-0.15, -0.1) is 0 Å². The van der Waals surface area contributed by atoms with E-state index >= 15 is 0 Å². The third-order valence-corrected chi connectivity index (χ3v) is 2.01. The Morgan fingerprint density at radius 1 is 1.29 bits per heavy atom. The smallest absolute Gasteiger partial charge is 0.334 e. The minimum absolute atomic E-state index is 0.214. The van der Waals surface area contributed by atoms with Gasteiger partial charge in [0.2, 0.25) is 0 Å². The molecule has 76 valence electrons. The first-order valence-electron chi connectivity index (χ1n) is 3.73. The summed E-state index contributed by atoms with van der Waals surface area (Å²) in [6, 6.07) is 8.47. The molecule has 0 amide bonds. The number of carbonyl (C=O) groups excluding carboxylic acids is 1. The van der Waals surface area contributed by atoms with Crippen LogP contribution in [0.3, 0.4) is 0 Å². The molecule has 0 radical (unpaired) electrons. The quantitative estimate of drug-likeness (QED) is 0.672. The molecular formula is C8H7O5P-2. The van der Waals surface area contributed by atoms with E-state index in [-0.39, 0.29) is 6.61 Å². The van der Waals surface area contributed by atoms with Crippen molar-refractivity contribution in [2.75, 3.05) is 0 Å². The predicted octanol–water partition coefficient (Wildman–Crippen LogP) is 0.237. The van der Waals surface area contributed by atoms with Gasteiger partial charge in [-0.1, -0.05) is 30.3 Å². The molecule has 0 bridgehead atoms. The molecule has 0 unspecified atom stereocenters. The Bertz CT molecular complexity index is 355. The van der Waals surface area contributed by atoms with Gasteiger partial charge in [0.1, 0.15) is 6.61 Å². The molecule has 0 fully saturated rings. The lowest BCUT2D eigenvalue weighted by atomic mass is 10.2. The van der Waals surface area contributed by atoms with Crippen LogP contribution in [0.15, 0.2) is 30.3 Å². The van der Waals surface area contributed by atoms with Gasteiger partial charge in [-0.05, 0) is 5.56 Å². The Balaban J connectivity index is 2.51. The largest absolute Gasteiger partial charge is 0.803 e. The van der Waals surface area contributed by atoms with Crippen LogP contribution in [-0.2, 0) is 15.9 Å². The van der Waals surface area contributed by atoms with Crippen molar-refractivity contribution in [3.05, 3.63) is 35.9 Å². The molecule has 0 saturated heterocycles. The highest BCUT2D eigenvalue weighted by Crippen LogP contribution is 2.26. The van der Waals surface area contributed by atoms with Crippen LogP contribution in [0.2, 0.25) is 0 Å². The van der Waals surface area contributed by atoms with E-state index in [1.165, 1.54) is 0 Å². The Kier molecular flexibility index (Phi) is 3.41. The minimum atomic E-state index is -5.25. The van der Waals surface area contributed by atoms with Crippen molar-refractivity contribution in [1.29, 1.82) is 0 Å². The van der Waals surface area contributed by atoms with Crippen LogP contribution >= 0.6 is 7.60 Å². The topological polar surface area (TPSA) is 89.5 Å². The Morgan fingerprint density at radius 3 is 2.36 bits per heavy atom. The SMILES string of the molecule is O=C(OCc1ccccc1)P(=O)([O-])[O-]. The second kappa shape index (κ2) is 4.37. The fraction of sp³-hybridized carbons (Fsp3) is 0.125. The maximum Gasteiger partial charge on any atom is 0.334 e. The summed E-state index contributed by atoms with van der Waals surface area (Å²) in [4.78, 5) is 30.8. The molecule has 1 rings (SSSR count). The molecule has 5 nitrogen and oxygen atoms in total. The fourth-order valence-corrected chi connectivity index (χ4v) is 1.02. The first-order chi connectivity index (χ1) is 6.50. The van der Waals surface area contributed by atoms with E-state index in [2.05, 4.69) is 4.74 Å². The molecule has 0 N–H and O–H groups in total. The summed E-state index contributed by atoms with van der Waals surface area (Å²) in [7, 11) is -5.25. The van der Waals surface area contributed by atoms with Gasteiger partial charge in [-0.3, -0.25) is 0 Å². The number of hydrogen-bond donors (Lipinski definition) is 0. The molecule has 0 heterocycles. The van der Waals surface area contributed by atoms with Crippen LogP contribution < -0.4 is 9.79 Å². The third kappa shape index (κ3) is 3.30. The molecule has 0 aliphatic rings. The van der Waals surface area contributed by atoms with Gasteiger partial charge in [0.15, 0.2) is 0 Å². The van der Waals surface area contributed by atoms with E-state index in [0.29, 0.717) is 5.56 Å². The molecule has 0 aliphatic heterocycles. The highest BCUT2D eigenvalue weighted by Gasteiger charge is 2.07. The molecule has 6 heteroatoms. The molecule has 0 aliphatic carbocycles. The zero-order chi connectivity index (χ0) is 10.6. The third-order valence-electron chi connectivity index (χ3n) is 1.43. The van der Waals surface area contributed by atoms with Crippen LogP contribution in [0, 0.1) is 0 Å². The molecule has 1 aromatic rings. The molecular weight excluding hydrogens is 207 g/mol. The standard InChI is InChI=1S/C8H9O5P/c9-8(14(10,11)12)13-6-7-4-2-1-3-5-7/h1-5H,6H2,(H2,10,11,12)/p-2. The Morgan fingerprint density at radius 2 is 1.86 bits per heavy atom. The molecule has 1 aromatic carbocycles. The molecule has 0 spiro atoms. The average Bonchev–Trinajstić information content (AvgIpc) is 2.14. The van der Waals surface area contributed by atoms with Crippen LogP contribution in [0.5, 0.6) is 0 Å². The molecule has 0 saturated carbocycles. The summed E-state index contributed by atoms with van der Waals surface area (Å²) < 4.78 is 14.4. The average molecular weight is 214 g/mol. The van der Waals surface area contributed by atoms with Gasteiger partial charge in [0, 0.05) is 7.60 Å². The van der Waals surface area contributed by atoms with Crippen LogP contribution in [0.1, 0.15) is 5.56 Å². The minimum Gasteiger partial charge on any atom is -0.803 e. The first-order valence-corrected chi connectivity index (χ1v) is 5.28. The summed E-state index contributed by atoms with van der Waals surface area (Å²) in [5, 5.41) is 0. The lowest BCUT2D eigenvalue weighted by Gasteiger charge is -2.25. The Hall–Kier alpha value is -1.16. The van der Waals surface area contributed by atoms with E-state index in [4.69, 9.17) is 0 Å². The van der Waals surface area contributed by atoms with Gasteiger partial charge in [-0.25, -0.2) is 4.79 Å². The van der Waals surface area contributed by atoms with Crippen molar-refractivity contribution < 1.29 is 23.9 Å². The normalized spacial score (nSPS) is 11.0. The predicted molar refractivity (Wildman–Crippen MR) is 44.2 cm³/mol. The van der Waals surface area contributed by atoms with Crippen molar-refractivity contribution in [2.24, 2.45) is 0 Å². The number of rotatable bonds is 3. The zero-order valence-corrected chi connectivity index (χ0v) is 7.98. The van der Waals surface area contributed by atoms with E-state index in [0.717, 1.165) is 0 Å². The molecule has 0 atom stereocenters. The number of benzene rings is 1. The van der Waals surface area contributed by atoms with Crippen LogP contribution in [0.4, 0.5) is 4.79 Å². The number of hydrogen-bond acceptors (Lipinski definition) is 5. The van der Waals surface area contributed by atoms with Gasteiger partial charge < -0.3 is 19.1 Å². The second-order valence-electron chi connectivity index (χ2n) is 2.54. The lowest BCUT2D eigenvalue weighted by molar-refractivity contribution is -0.309. The van der Waals surface area contributed by atoms with Crippen molar-refractivity contribution in [3.8, 4) is 0 Å². The van der Waals surface area contributed by atoms with E-state index in [1.807, 2.05) is 0 Å². The van der Waals surface area contributed by atoms with Gasteiger partial charge in [0.25, 0.3) is 0 Å². The summed E-state index contributed by atoms with van der Waals surface area (Å²) in [6.07, 6.45) is 0. The summed E-state index contributed by atoms with van der Waals surface area (Å²) >= 11 is 0. The molecule has 0 aromatic heterocycles. The Labute approximate surface area is 80.5 Å². The monoisotopic (exact) mass is 214 g/mol. The van der Waals surface area contributed by atoms with Crippen molar-refractivity contribution in [1.82, 2.24) is 0 Å². The van der Waals surface area contributed by atoms with Gasteiger partial charge in [-0.2, -0.15) is 0 Å². The fourth-order valence-electron chi connectivity index (χ4n) is 0.798. The van der Waals surface area contributed by atoms with E-state index in [1.54, 1.807) is 30.3 Å². The summed E-state index contributed by atoms with van der Waals surface area (Å²) in [5.41, 5.74) is -1.10. The second-order valence-corrected chi connectivity index (χ2v) is 3.90. The molecule has 14 heavy (non-hydrogen) atoms. The van der Waals surface area contributed by atoms with Gasteiger partial charge >= 0.3 is 5.71 Å². The van der Waals surface area contributed by atoms with Crippen molar-refractivity contribution in [3.63, 3.8) is 0 Å². The van der Waals surface area contributed by atoms with Crippen LogP contribution in [0.25, 0.3) is 0 Å². The first kappa shape index (κ1) is 10.9. The van der Waals surface area contributed by atoms with E-state index < -0.39 is 13.3 Å². The van der Waals surface area contributed by atoms with Crippen LogP contribution in [-0.4, -0.2) is 5.71 Å².